The molecule has 1 aliphatic rings. The molecule has 0 aliphatic carbocycles. The van der Waals surface area contributed by atoms with Crippen LogP contribution in [-0.4, -0.2) is 28.0 Å². The van der Waals surface area contributed by atoms with Gasteiger partial charge in [-0.3, -0.25) is 15.0 Å². The lowest BCUT2D eigenvalue weighted by Crippen LogP contribution is -2.29. The normalized spacial score (nSPS) is 16.9. The maximum Gasteiger partial charge on any atom is 0.416 e. The lowest BCUT2D eigenvalue weighted by molar-refractivity contribution is -0.385. The summed E-state index contributed by atoms with van der Waals surface area (Å²) in [4.78, 5) is 13.0. The van der Waals surface area contributed by atoms with Gasteiger partial charge in [-0.2, -0.15) is 13.2 Å². The lowest BCUT2D eigenvalue weighted by Gasteiger charge is -2.31. The van der Waals surface area contributed by atoms with Gasteiger partial charge in [-0.25, -0.2) is 0 Å². The van der Waals surface area contributed by atoms with Gasteiger partial charge in [-0.15, -0.1) is 0 Å². The molecule has 0 bridgehead atoms. The predicted molar refractivity (Wildman–Crippen MR) is 112 cm³/mol. The third-order valence-electron chi connectivity index (χ3n) is 5.76. The number of hydrogen-bond donors (Lipinski definition) is 0. The molecule has 32 heavy (non-hydrogen) atoms. The fourth-order valence-corrected chi connectivity index (χ4v) is 4.27. The Morgan fingerprint density at radius 2 is 1.88 bits per heavy atom. The number of alkyl halides is 3. The third kappa shape index (κ3) is 4.34. The van der Waals surface area contributed by atoms with E-state index in [2.05, 4.69) is 9.47 Å². The fraction of sp³-hybridized carbons (Fsp3) is 0.304. The van der Waals surface area contributed by atoms with Crippen LogP contribution in [0.3, 0.4) is 0 Å². The Balaban J connectivity index is 1.75. The van der Waals surface area contributed by atoms with E-state index in [1.165, 1.54) is 31.4 Å². The summed E-state index contributed by atoms with van der Waals surface area (Å²) < 4.78 is 46.8. The van der Waals surface area contributed by atoms with Crippen LogP contribution >= 0.6 is 0 Å². The van der Waals surface area contributed by atoms with Crippen molar-refractivity contribution < 1.29 is 22.8 Å². The molecule has 0 amide bonds. The molecule has 168 valence electrons. The molecule has 0 N–H and O–H groups in total. The molecule has 0 saturated carbocycles. The highest BCUT2D eigenvalue weighted by molar-refractivity contribution is 5.44. The molecule has 6 nitrogen and oxygen atoms in total. The number of nitrogens with zero attached hydrogens (tertiary/aromatic N) is 3. The van der Waals surface area contributed by atoms with Crippen molar-refractivity contribution in [2.45, 2.75) is 31.7 Å². The minimum absolute atomic E-state index is 0.0370. The highest BCUT2D eigenvalue weighted by atomic mass is 19.4. The molecule has 0 saturated heterocycles. The summed E-state index contributed by atoms with van der Waals surface area (Å²) >= 11 is 0. The summed E-state index contributed by atoms with van der Waals surface area (Å²) in [6, 6.07) is 13.2. The predicted octanol–water partition coefficient (Wildman–Crippen LogP) is 5.42. The van der Waals surface area contributed by atoms with Gasteiger partial charge in [-0.1, -0.05) is 12.1 Å². The van der Waals surface area contributed by atoms with Crippen LogP contribution in [0.4, 0.5) is 18.9 Å². The molecule has 3 aromatic rings. The van der Waals surface area contributed by atoms with Gasteiger partial charge in [0.05, 0.1) is 23.6 Å². The van der Waals surface area contributed by atoms with Gasteiger partial charge in [0.1, 0.15) is 5.75 Å². The summed E-state index contributed by atoms with van der Waals surface area (Å²) in [6.07, 6.45) is -1.61. The van der Waals surface area contributed by atoms with Gasteiger partial charge in [0.15, 0.2) is 0 Å². The molecule has 4 rings (SSSR count). The molecule has 2 aromatic carbocycles. The number of nitro benzene ring substituents is 1. The Labute approximate surface area is 183 Å². The van der Waals surface area contributed by atoms with Crippen LogP contribution in [0.25, 0.3) is 0 Å². The number of rotatable bonds is 5. The Bertz CT molecular complexity index is 1110. The van der Waals surface area contributed by atoms with E-state index in [-0.39, 0.29) is 11.7 Å². The van der Waals surface area contributed by atoms with Crippen molar-refractivity contribution >= 4 is 5.69 Å². The smallest absolute Gasteiger partial charge is 0.416 e. The van der Waals surface area contributed by atoms with Crippen LogP contribution in [0.1, 0.15) is 34.8 Å². The topological polar surface area (TPSA) is 60.5 Å². The number of hydrogen-bond acceptors (Lipinski definition) is 4. The second-order valence-electron chi connectivity index (χ2n) is 7.73. The summed E-state index contributed by atoms with van der Waals surface area (Å²) in [6.45, 7) is 1.79. The van der Waals surface area contributed by atoms with Crippen molar-refractivity contribution in [1.29, 1.82) is 0 Å². The Morgan fingerprint density at radius 1 is 1.12 bits per heavy atom. The first-order valence-electron chi connectivity index (χ1n) is 10.2. The van der Waals surface area contributed by atoms with Crippen molar-refractivity contribution in [2.24, 2.45) is 0 Å². The molecule has 2 heterocycles. The fourth-order valence-electron chi connectivity index (χ4n) is 4.27. The SMILES string of the molecule is COc1ccc([N+](=O)[O-])cc1CN1CCCn2cccc2C1c1ccc(C(F)(F)F)cc1. The third-order valence-corrected chi connectivity index (χ3v) is 5.76. The van der Waals surface area contributed by atoms with Crippen LogP contribution in [0.2, 0.25) is 0 Å². The zero-order chi connectivity index (χ0) is 22.9. The molecule has 1 aliphatic heterocycles. The number of non-ortho nitro benzene ring substituents is 1. The molecule has 1 atom stereocenters. The molecule has 0 fully saturated rings. The zero-order valence-corrected chi connectivity index (χ0v) is 17.4. The number of nitro groups is 1. The van der Waals surface area contributed by atoms with Gasteiger partial charge in [0.25, 0.3) is 5.69 Å². The quantitative estimate of drug-likeness (QED) is 0.389. The molecular weight excluding hydrogens is 423 g/mol. The van der Waals surface area contributed by atoms with Gasteiger partial charge in [-0.05, 0) is 42.3 Å². The van der Waals surface area contributed by atoms with Gasteiger partial charge >= 0.3 is 6.18 Å². The van der Waals surface area contributed by atoms with E-state index in [0.717, 1.165) is 36.4 Å². The monoisotopic (exact) mass is 445 g/mol. The summed E-state index contributed by atoms with van der Waals surface area (Å²) in [5.74, 6) is 0.529. The first kappa shape index (κ1) is 21.9. The second kappa shape index (κ2) is 8.66. The van der Waals surface area contributed by atoms with E-state index in [1.54, 1.807) is 6.07 Å². The van der Waals surface area contributed by atoms with Crippen LogP contribution in [-0.2, 0) is 19.3 Å². The molecule has 1 unspecified atom stereocenters. The minimum atomic E-state index is -4.40. The van der Waals surface area contributed by atoms with Crippen molar-refractivity contribution in [3.8, 4) is 5.75 Å². The number of fused-ring (bicyclic) bond motifs is 1. The lowest BCUT2D eigenvalue weighted by atomic mass is 9.99. The highest BCUT2D eigenvalue weighted by Crippen LogP contribution is 2.37. The van der Waals surface area contributed by atoms with Crippen molar-refractivity contribution in [1.82, 2.24) is 9.47 Å². The Morgan fingerprint density at radius 3 is 2.53 bits per heavy atom. The van der Waals surface area contributed by atoms with Gasteiger partial charge < -0.3 is 9.30 Å². The molecule has 9 heteroatoms. The van der Waals surface area contributed by atoms with E-state index in [1.807, 2.05) is 18.3 Å². The summed E-state index contributed by atoms with van der Waals surface area (Å²) in [5.41, 5.74) is 1.61. The average molecular weight is 445 g/mol. The number of benzene rings is 2. The number of ether oxygens (including phenoxy) is 1. The largest absolute Gasteiger partial charge is 0.496 e. The van der Waals surface area contributed by atoms with Crippen molar-refractivity contribution in [3.63, 3.8) is 0 Å². The first-order valence-corrected chi connectivity index (χ1v) is 10.2. The molecule has 0 spiro atoms. The van der Waals surface area contributed by atoms with Crippen LogP contribution in [0.5, 0.6) is 5.75 Å². The Kier molecular flexibility index (Phi) is 5.92. The number of methoxy groups -OCH3 is 1. The molecule has 1 aromatic heterocycles. The standard InChI is InChI=1S/C23H22F3N3O3/c1-32-21-10-9-19(29(30)31)14-17(21)15-28-13-3-12-27-11-2-4-20(27)22(28)16-5-7-18(8-6-16)23(24,25)26/h2,4-11,14,22H,3,12-13,15H2,1H3. The number of aryl methyl sites for hydroxylation is 1. The Hall–Kier alpha value is -3.33. The molecule has 0 radical (unpaired) electrons. The second-order valence-corrected chi connectivity index (χ2v) is 7.73. The number of halogens is 3. The number of aromatic nitrogens is 1. The van der Waals surface area contributed by atoms with E-state index in [4.69, 9.17) is 4.74 Å². The van der Waals surface area contributed by atoms with Crippen LogP contribution in [0, 0.1) is 10.1 Å². The zero-order valence-electron chi connectivity index (χ0n) is 17.4. The minimum Gasteiger partial charge on any atom is -0.496 e. The van der Waals surface area contributed by atoms with E-state index >= 15 is 0 Å². The van der Waals surface area contributed by atoms with Crippen LogP contribution < -0.4 is 4.74 Å². The highest BCUT2D eigenvalue weighted by Gasteiger charge is 2.32. The molecular formula is C23H22F3N3O3. The van der Waals surface area contributed by atoms with Gasteiger partial charge in [0, 0.05) is 49.2 Å². The maximum atomic E-state index is 13.1. The van der Waals surface area contributed by atoms with Crippen molar-refractivity contribution in [3.05, 3.63) is 93.3 Å². The summed E-state index contributed by atoms with van der Waals surface area (Å²) in [5, 5.41) is 11.3. The first-order chi connectivity index (χ1) is 15.3. The van der Waals surface area contributed by atoms with E-state index in [0.29, 0.717) is 24.4 Å². The van der Waals surface area contributed by atoms with E-state index < -0.39 is 16.7 Å². The average Bonchev–Trinajstić information content (AvgIpc) is 3.14. The maximum absolute atomic E-state index is 13.1. The van der Waals surface area contributed by atoms with Crippen molar-refractivity contribution in [2.75, 3.05) is 13.7 Å². The van der Waals surface area contributed by atoms with Gasteiger partial charge in [0.2, 0.25) is 0 Å². The van der Waals surface area contributed by atoms with Crippen LogP contribution in [0.15, 0.2) is 60.8 Å². The van der Waals surface area contributed by atoms with E-state index in [9.17, 15) is 23.3 Å². The summed E-state index contributed by atoms with van der Waals surface area (Å²) in [7, 11) is 1.51.